The molecule has 0 amide bonds. The molecule has 0 aliphatic carbocycles. The van der Waals surface area contributed by atoms with Crippen LogP contribution in [-0.4, -0.2) is 33.6 Å². The number of halogens is 1. The van der Waals surface area contributed by atoms with E-state index >= 15 is 0 Å². The van der Waals surface area contributed by atoms with Crippen molar-refractivity contribution in [2.75, 3.05) is 32.6 Å². The Balaban J connectivity index is 2.51. The molecule has 0 heterocycles. The summed E-state index contributed by atoms with van der Waals surface area (Å²) in [5.74, 6) is 1.19. The monoisotopic (exact) mass is 294 g/mol. The Hall–Kier alpha value is -1.78. The molecule has 0 bridgehead atoms. The Labute approximate surface area is 127 Å². The summed E-state index contributed by atoms with van der Waals surface area (Å²) in [6.07, 6.45) is 1.09. The summed E-state index contributed by atoms with van der Waals surface area (Å²) in [6.45, 7) is 5.80. The average Bonchev–Trinajstić information content (AvgIpc) is 2.41. The van der Waals surface area contributed by atoms with E-state index in [1.165, 1.54) is 0 Å². The van der Waals surface area contributed by atoms with Crippen LogP contribution in [0.5, 0.6) is 0 Å². The molecule has 0 saturated heterocycles. The van der Waals surface area contributed by atoms with E-state index < -0.39 is 0 Å². The van der Waals surface area contributed by atoms with Crippen LogP contribution in [0.1, 0.15) is 25.8 Å². The van der Waals surface area contributed by atoms with E-state index in [9.17, 15) is 4.39 Å². The Morgan fingerprint density at radius 3 is 2.52 bits per heavy atom. The maximum atomic E-state index is 13.9. The van der Waals surface area contributed by atoms with Gasteiger partial charge in [0.25, 0.3) is 0 Å². The molecule has 0 aliphatic rings. The van der Waals surface area contributed by atoms with Crippen molar-refractivity contribution in [2.24, 2.45) is 10.9 Å². The molecule has 0 unspecified atom stereocenters. The maximum Gasteiger partial charge on any atom is 0.191 e. The van der Waals surface area contributed by atoms with Gasteiger partial charge in [0.05, 0.1) is 5.69 Å². The number of rotatable bonds is 6. The predicted molar refractivity (Wildman–Crippen MR) is 88.4 cm³/mol. The number of benzene rings is 1. The highest BCUT2D eigenvalue weighted by molar-refractivity contribution is 5.79. The average molecular weight is 294 g/mol. The minimum Gasteiger partial charge on any atom is -0.375 e. The molecule has 0 radical (unpaired) electrons. The SMILES string of the molecule is CN=C(NCCC(C)C)NCc1ccc(N(C)C)c(F)c1. The van der Waals surface area contributed by atoms with Gasteiger partial charge in [-0.3, -0.25) is 4.99 Å². The number of guanidine groups is 1. The first-order valence-corrected chi connectivity index (χ1v) is 7.34. The Kier molecular flexibility index (Phi) is 6.99. The maximum absolute atomic E-state index is 13.9. The van der Waals surface area contributed by atoms with E-state index in [-0.39, 0.29) is 5.82 Å². The molecular weight excluding hydrogens is 267 g/mol. The summed E-state index contributed by atoms with van der Waals surface area (Å²) in [5.41, 5.74) is 1.49. The van der Waals surface area contributed by atoms with Crippen molar-refractivity contribution in [2.45, 2.75) is 26.8 Å². The fraction of sp³-hybridized carbons (Fsp3) is 0.562. The van der Waals surface area contributed by atoms with Crippen LogP contribution in [-0.2, 0) is 6.54 Å². The van der Waals surface area contributed by atoms with E-state index in [0.29, 0.717) is 18.2 Å². The number of hydrogen-bond donors (Lipinski definition) is 2. The van der Waals surface area contributed by atoms with Crippen molar-refractivity contribution < 1.29 is 4.39 Å². The summed E-state index contributed by atoms with van der Waals surface area (Å²) in [4.78, 5) is 5.92. The largest absolute Gasteiger partial charge is 0.375 e. The standard InChI is InChI=1S/C16H27FN4/c1-12(2)8-9-19-16(18-3)20-11-13-6-7-15(21(4)5)14(17)10-13/h6-7,10,12H,8-9,11H2,1-5H3,(H2,18,19,20). The molecule has 0 fully saturated rings. The molecule has 0 aliphatic heterocycles. The van der Waals surface area contributed by atoms with Gasteiger partial charge in [0.15, 0.2) is 5.96 Å². The first kappa shape index (κ1) is 17.3. The second-order valence-corrected chi connectivity index (χ2v) is 5.72. The van der Waals surface area contributed by atoms with Crippen molar-refractivity contribution in [3.8, 4) is 0 Å². The van der Waals surface area contributed by atoms with E-state index in [1.807, 2.05) is 20.2 Å². The molecule has 2 N–H and O–H groups in total. The third-order valence-electron chi connectivity index (χ3n) is 3.19. The molecule has 118 valence electrons. The highest BCUT2D eigenvalue weighted by Crippen LogP contribution is 2.18. The second-order valence-electron chi connectivity index (χ2n) is 5.72. The zero-order valence-electron chi connectivity index (χ0n) is 13.7. The molecule has 0 atom stereocenters. The van der Waals surface area contributed by atoms with Gasteiger partial charge in [-0.1, -0.05) is 19.9 Å². The first-order chi connectivity index (χ1) is 9.93. The van der Waals surface area contributed by atoms with Crippen LogP contribution < -0.4 is 15.5 Å². The van der Waals surface area contributed by atoms with Gasteiger partial charge in [-0.15, -0.1) is 0 Å². The van der Waals surface area contributed by atoms with Gasteiger partial charge in [-0.2, -0.15) is 0 Å². The molecule has 1 aromatic carbocycles. The van der Waals surface area contributed by atoms with Gasteiger partial charge in [-0.25, -0.2) is 4.39 Å². The van der Waals surface area contributed by atoms with Crippen LogP contribution in [0.3, 0.4) is 0 Å². The highest BCUT2D eigenvalue weighted by Gasteiger charge is 2.06. The number of nitrogens with zero attached hydrogens (tertiary/aromatic N) is 2. The zero-order chi connectivity index (χ0) is 15.8. The van der Waals surface area contributed by atoms with Gasteiger partial charge < -0.3 is 15.5 Å². The highest BCUT2D eigenvalue weighted by atomic mass is 19.1. The van der Waals surface area contributed by atoms with Crippen LogP contribution in [0, 0.1) is 11.7 Å². The van der Waals surface area contributed by atoms with E-state index in [2.05, 4.69) is 29.5 Å². The summed E-state index contributed by atoms with van der Waals surface area (Å²) in [5, 5.41) is 6.45. The van der Waals surface area contributed by atoms with Crippen molar-refractivity contribution in [1.29, 1.82) is 0 Å². The fourth-order valence-electron chi connectivity index (χ4n) is 1.91. The van der Waals surface area contributed by atoms with E-state index in [0.717, 1.165) is 24.5 Å². The van der Waals surface area contributed by atoms with Crippen LogP contribution in [0.2, 0.25) is 0 Å². The molecule has 4 nitrogen and oxygen atoms in total. The lowest BCUT2D eigenvalue weighted by atomic mass is 10.1. The Morgan fingerprint density at radius 1 is 1.29 bits per heavy atom. The summed E-state index contributed by atoms with van der Waals surface area (Å²) in [7, 11) is 5.40. The van der Waals surface area contributed by atoms with Crippen molar-refractivity contribution in [3.05, 3.63) is 29.6 Å². The third kappa shape index (κ3) is 6.02. The molecule has 21 heavy (non-hydrogen) atoms. The minimum atomic E-state index is -0.206. The van der Waals surface area contributed by atoms with Gasteiger partial charge >= 0.3 is 0 Å². The lowest BCUT2D eigenvalue weighted by molar-refractivity contribution is 0.573. The van der Waals surface area contributed by atoms with Crippen LogP contribution in [0.4, 0.5) is 10.1 Å². The second kappa shape index (κ2) is 8.49. The van der Waals surface area contributed by atoms with Gasteiger partial charge in [0, 0.05) is 34.2 Å². The lowest BCUT2D eigenvalue weighted by Gasteiger charge is -2.15. The van der Waals surface area contributed by atoms with Crippen LogP contribution >= 0.6 is 0 Å². The third-order valence-corrected chi connectivity index (χ3v) is 3.19. The van der Waals surface area contributed by atoms with Crippen LogP contribution in [0.25, 0.3) is 0 Å². The number of aliphatic imine (C=N–C) groups is 1. The zero-order valence-corrected chi connectivity index (χ0v) is 13.7. The molecular formula is C16H27FN4. The minimum absolute atomic E-state index is 0.206. The Bertz CT molecular complexity index is 469. The molecule has 0 saturated carbocycles. The molecule has 5 heteroatoms. The molecule has 0 aromatic heterocycles. The Morgan fingerprint density at radius 2 is 2.00 bits per heavy atom. The van der Waals surface area contributed by atoms with Gasteiger partial charge in [0.2, 0.25) is 0 Å². The fourth-order valence-corrected chi connectivity index (χ4v) is 1.91. The molecule has 0 spiro atoms. The molecule has 1 rings (SSSR count). The number of nitrogens with one attached hydrogen (secondary N) is 2. The topological polar surface area (TPSA) is 39.7 Å². The summed E-state index contributed by atoms with van der Waals surface area (Å²) in [6, 6.07) is 5.28. The predicted octanol–water partition coefficient (Wildman–Crippen LogP) is 2.60. The van der Waals surface area contributed by atoms with Gasteiger partial charge in [0.1, 0.15) is 5.82 Å². The quantitative estimate of drug-likeness (QED) is 0.626. The van der Waals surface area contributed by atoms with Crippen molar-refractivity contribution >= 4 is 11.6 Å². The smallest absolute Gasteiger partial charge is 0.191 e. The summed E-state index contributed by atoms with van der Waals surface area (Å²) < 4.78 is 13.9. The van der Waals surface area contributed by atoms with E-state index in [4.69, 9.17) is 0 Å². The lowest BCUT2D eigenvalue weighted by Crippen LogP contribution is -2.37. The summed E-state index contributed by atoms with van der Waals surface area (Å²) >= 11 is 0. The number of hydrogen-bond acceptors (Lipinski definition) is 2. The van der Waals surface area contributed by atoms with Crippen LogP contribution in [0.15, 0.2) is 23.2 Å². The van der Waals surface area contributed by atoms with Gasteiger partial charge in [-0.05, 0) is 30.0 Å². The van der Waals surface area contributed by atoms with E-state index in [1.54, 1.807) is 24.1 Å². The van der Waals surface area contributed by atoms with Crippen molar-refractivity contribution in [3.63, 3.8) is 0 Å². The van der Waals surface area contributed by atoms with Crippen molar-refractivity contribution in [1.82, 2.24) is 10.6 Å². The molecule has 1 aromatic rings. The first-order valence-electron chi connectivity index (χ1n) is 7.34. The normalized spacial score (nSPS) is 11.7. The number of anilines is 1.